The maximum atomic E-state index is 5.99. The zero-order valence-corrected chi connectivity index (χ0v) is 20.3. The van der Waals surface area contributed by atoms with Gasteiger partial charge in [0.2, 0.25) is 0 Å². The molecule has 2 bridgehead atoms. The SMILES string of the molecule is COc1c2ccc(CP(Br)(c3ccccc3)(c3ccccc3)c3ccccc3)c1OCO2. The first kappa shape index (κ1) is 21.1. The normalized spacial score (nSPS) is 13.9. The van der Waals surface area contributed by atoms with Gasteiger partial charge in [-0.2, -0.15) is 0 Å². The van der Waals surface area contributed by atoms with Crippen molar-refractivity contribution < 1.29 is 14.2 Å². The Kier molecular flexibility index (Phi) is 5.44. The van der Waals surface area contributed by atoms with Crippen LogP contribution in [0.15, 0.2) is 103 Å². The number of rotatable bonds is 6. The monoisotopic (exact) mass is 506 g/mol. The van der Waals surface area contributed by atoms with Crippen molar-refractivity contribution in [2.45, 2.75) is 6.16 Å². The van der Waals surface area contributed by atoms with E-state index < -0.39 is 5.31 Å². The third-order valence-electron chi connectivity index (χ3n) is 6.13. The van der Waals surface area contributed by atoms with Gasteiger partial charge in [0.1, 0.15) is 0 Å². The molecular weight excluding hydrogens is 483 g/mol. The molecule has 5 rings (SSSR count). The number of fused-ring (bicyclic) bond motifs is 2. The Hall–Kier alpha value is -2.81. The first-order chi connectivity index (χ1) is 15.6. The van der Waals surface area contributed by atoms with Crippen molar-refractivity contribution in [3.05, 3.63) is 109 Å². The van der Waals surface area contributed by atoms with E-state index >= 15 is 0 Å². The average Bonchev–Trinajstić information content (AvgIpc) is 2.87. The van der Waals surface area contributed by atoms with E-state index in [-0.39, 0.29) is 6.79 Å². The second-order valence-corrected chi connectivity index (χ2v) is 16.8. The van der Waals surface area contributed by atoms with E-state index in [1.54, 1.807) is 7.11 Å². The molecule has 0 unspecified atom stereocenters. The van der Waals surface area contributed by atoms with E-state index in [4.69, 9.17) is 14.2 Å². The van der Waals surface area contributed by atoms with Gasteiger partial charge in [-0.05, 0) is 0 Å². The topological polar surface area (TPSA) is 27.7 Å². The fourth-order valence-corrected chi connectivity index (χ4v) is 12.2. The Bertz CT molecular complexity index is 1130. The van der Waals surface area contributed by atoms with Gasteiger partial charge in [-0.15, -0.1) is 0 Å². The van der Waals surface area contributed by atoms with Crippen LogP contribution in [0, 0.1) is 0 Å². The predicted molar refractivity (Wildman–Crippen MR) is 137 cm³/mol. The van der Waals surface area contributed by atoms with Gasteiger partial charge in [0.05, 0.1) is 0 Å². The van der Waals surface area contributed by atoms with Crippen molar-refractivity contribution in [2.24, 2.45) is 0 Å². The summed E-state index contributed by atoms with van der Waals surface area (Å²) in [4.78, 5) is 0. The second-order valence-electron chi connectivity index (χ2n) is 7.84. The van der Waals surface area contributed by atoms with Gasteiger partial charge >= 0.3 is 197 Å². The minimum atomic E-state index is -3.13. The summed E-state index contributed by atoms with van der Waals surface area (Å²) in [5, 5.41) is 0.661. The van der Waals surface area contributed by atoms with Gasteiger partial charge in [-0.1, -0.05) is 0 Å². The van der Waals surface area contributed by atoms with Crippen molar-refractivity contribution in [1.82, 2.24) is 0 Å². The van der Waals surface area contributed by atoms with Gasteiger partial charge in [-0.3, -0.25) is 0 Å². The van der Waals surface area contributed by atoms with Crippen LogP contribution in [0.3, 0.4) is 0 Å². The van der Waals surface area contributed by atoms with E-state index in [1.165, 1.54) is 15.9 Å². The zero-order valence-electron chi connectivity index (χ0n) is 17.8. The molecular formula is C27H24BrO3P. The molecule has 1 aliphatic heterocycles. The Morgan fingerprint density at radius 3 is 1.69 bits per heavy atom. The van der Waals surface area contributed by atoms with Crippen LogP contribution < -0.4 is 30.1 Å². The van der Waals surface area contributed by atoms with Gasteiger partial charge < -0.3 is 0 Å². The van der Waals surface area contributed by atoms with Crippen LogP contribution in [-0.2, 0) is 6.16 Å². The van der Waals surface area contributed by atoms with Crippen molar-refractivity contribution >= 4 is 36.7 Å². The van der Waals surface area contributed by atoms with E-state index in [0.29, 0.717) is 11.5 Å². The first-order valence-corrected chi connectivity index (χ1v) is 14.9. The molecule has 0 spiro atoms. The summed E-state index contributed by atoms with van der Waals surface area (Å²) < 4.78 is 17.3. The van der Waals surface area contributed by atoms with Crippen LogP contribution in [0.1, 0.15) is 5.56 Å². The van der Waals surface area contributed by atoms with Gasteiger partial charge in [0, 0.05) is 0 Å². The molecule has 0 saturated heterocycles. The molecule has 0 fully saturated rings. The molecule has 0 atom stereocenters. The molecule has 0 aromatic heterocycles. The fourth-order valence-electron chi connectivity index (χ4n) is 4.58. The van der Waals surface area contributed by atoms with Crippen LogP contribution in [0.4, 0.5) is 0 Å². The molecule has 0 amide bonds. The summed E-state index contributed by atoms with van der Waals surface area (Å²) in [6, 6.07) is 36.3. The van der Waals surface area contributed by atoms with E-state index in [2.05, 4.69) is 113 Å². The summed E-state index contributed by atoms with van der Waals surface area (Å²) in [6.45, 7) is 0.186. The average molecular weight is 507 g/mol. The molecule has 0 N–H and O–H groups in total. The molecule has 3 nitrogen and oxygen atoms in total. The number of halogens is 1. The van der Waals surface area contributed by atoms with Crippen molar-refractivity contribution in [2.75, 3.05) is 13.9 Å². The standard InChI is InChI=1S/C27H24BrO3P/c1-29-27-25-18-17-21(26(27)31-20-30-25)19-32(28,22-11-5-2-6-12-22,23-13-7-3-8-14-23)24-15-9-4-10-16-24/h2-18H,19-20H2,1H3. The third-order valence-corrected chi connectivity index (χ3v) is 15.6. The van der Waals surface area contributed by atoms with Gasteiger partial charge in [0.15, 0.2) is 0 Å². The molecule has 4 aromatic rings. The Balaban J connectivity index is 1.85. The summed E-state index contributed by atoms with van der Waals surface area (Å²) in [7, 11) is 1.66. The molecule has 0 saturated carbocycles. The number of hydrogen-bond donors (Lipinski definition) is 0. The number of hydrogen-bond acceptors (Lipinski definition) is 3. The van der Waals surface area contributed by atoms with E-state index in [9.17, 15) is 0 Å². The Morgan fingerprint density at radius 1 is 0.719 bits per heavy atom. The third kappa shape index (κ3) is 3.21. The van der Waals surface area contributed by atoms with Crippen molar-refractivity contribution in [1.29, 1.82) is 0 Å². The predicted octanol–water partition coefficient (Wildman–Crippen LogP) is 5.76. The number of methoxy groups -OCH3 is 1. The van der Waals surface area contributed by atoms with E-state index in [1.807, 2.05) is 6.07 Å². The summed E-state index contributed by atoms with van der Waals surface area (Å²) in [5.74, 6) is 2.12. The quantitative estimate of drug-likeness (QED) is 0.311. The first-order valence-electron chi connectivity index (χ1n) is 10.5. The Morgan fingerprint density at radius 2 is 1.22 bits per heavy atom. The Labute approximate surface area is 196 Å². The molecule has 1 aliphatic rings. The van der Waals surface area contributed by atoms with Crippen LogP contribution in [-0.4, -0.2) is 13.9 Å². The molecule has 4 aromatic carbocycles. The molecule has 0 radical (unpaired) electrons. The molecule has 1 heterocycles. The van der Waals surface area contributed by atoms with Crippen LogP contribution in [0.25, 0.3) is 0 Å². The van der Waals surface area contributed by atoms with Crippen molar-refractivity contribution in [3.63, 3.8) is 0 Å². The van der Waals surface area contributed by atoms with Crippen LogP contribution in [0.2, 0.25) is 0 Å². The molecule has 162 valence electrons. The fraction of sp³-hybridized carbons (Fsp3) is 0.111. The summed E-state index contributed by atoms with van der Waals surface area (Å²) >= 11 is 4.50. The van der Waals surface area contributed by atoms with Crippen LogP contribution >= 0.6 is 20.8 Å². The molecule has 32 heavy (non-hydrogen) atoms. The number of benzene rings is 4. The summed E-state index contributed by atoms with van der Waals surface area (Å²) in [5.41, 5.74) is 1.08. The number of ether oxygens (including phenoxy) is 3. The zero-order chi connectivity index (χ0) is 22.0. The maximum absolute atomic E-state index is 5.99. The summed E-state index contributed by atoms with van der Waals surface area (Å²) in [6.07, 6.45) is 0.732. The molecule has 0 aliphatic carbocycles. The minimum absolute atomic E-state index is 0.186. The van der Waals surface area contributed by atoms with Crippen molar-refractivity contribution in [3.8, 4) is 17.2 Å². The van der Waals surface area contributed by atoms with Gasteiger partial charge in [0.25, 0.3) is 0 Å². The van der Waals surface area contributed by atoms with Crippen LogP contribution in [0.5, 0.6) is 17.2 Å². The van der Waals surface area contributed by atoms with Gasteiger partial charge in [-0.25, -0.2) is 0 Å². The second kappa shape index (κ2) is 8.27. The van der Waals surface area contributed by atoms with E-state index in [0.717, 1.165) is 17.5 Å². The molecule has 5 heteroatoms.